The molecule has 1 aliphatic rings. The average Bonchev–Trinajstić information content (AvgIpc) is 3.23. The molecular formula is C21H24N4O3. The van der Waals surface area contributed by atoms with Gasteiger partial charge in [-0.3, -0.25) is 14.4 Å². The minimum Gasteiger partial charge on any atom is -0.352 e. The number of aromatic nitrogens is 2. The highest BCUT2D eigenvalue weighted by atomic mass is 16.2. The van der Waals surface area contributed by atoms with Gasteiger partial charge in [-0.2, -0.15) is 0 Å². The number of pyridine rings is 1. The molecule has 3 heterocycles. The number of hydrogen-bond donors (Lipinski definition) is 1. The summed E-state index contributed by atoms with van der Waals surface area (Å²) in [6.45, 7) is 1.96. The normalized spacial score (nSPS) is 14.4. The van der Waals surface area contributed by atoms with Gasteiger partial charge in [0.1, 0.15) is 5.52 Å². The van der Waals surface area contributed by atoms with Crippen molar-refractivity contribution in [3.05, 3.63) is 46.4 Å². The molecule has 0 aliphatic carbocycles. The number of likely N-dealkylation sites (tertiary alicyclic amines) is 1. The van der Waals surface area contributed by atoms with E-state index < -0.39 is 0 Å². The Hall–Kier alpha value is -3.09. The van der Waals surface area contributed by atoms with Crippen molar-refractivity contribution in [2.24, 2.45) is 14.1 Å². The number of fused-ring (bicyclic) bond motifs is 3. The Labute approximate surface area is 162 Å². The Balaban J connectivity index is 1.62. The number of hydrogen-bond acceptors (Lipinski definition) is 3. The van der Waals surface area contributed by atoms with Crippen LogP contribution in [-0.2, 0) is 18.9 Å². The van der Waals surface area contributed by atoms with Crippen LogP contribution in [0.4, 0.5) is 0 Å². The zero-order valence-corrected chi connectivity index (χ0v) is 16.2. The van der Waals surface area contributed by atoms with Crippen molar-refractivity contribution in [3.8, 4) is 0 Å². The van der Waals surface area contributed by atoms with Crippen molar-refractivity contribution < 1.29 is 9.59 Å². The lowest BCUT2D eigenvalue weighted by atomic mass is 10.1. The predicted octanol–water partition coefficient (Wildman–Crippen LogP) is 1.77. The summed E-state index contributed by atoms with van der Waals surface area (Å²) >= 11 is 0. The van der Waals surface area contributed by atoms with E-state index in [2.05, 4.69) is 5.32 Å². The van der Waals surface area contributed by atoms with E-state index in [4.69, 9.17) is 0 Å². The monoisotopic (exact) mass is 380 g/mol. The number of benzene rings is 1. The lowest BCUT2D eigenvalue weighted by Gasteiger charge is -2.15. The molecule has 2 amide bonds. The third kappa shape index (κ3) is 2.96. The van der Waals surface area contributed by atoms with Gasteiger partial charge in [-0.15, -0.1) is 0 Å². The van der Waals surface area contributed by atoms with Crippen LogP contribution >= 0.6 is 0 Å². The van der Waals surface area contributed by atoms with Gasteiger partial charge in [-0.25, -0.2) is 0 Å². The van der Waals surface area contributed by atoms with E-state index in [1.165, 1.54) is 4.57 Å². The van der Waals surface area contributed by atoms with Crippen LogP contribution < -0.4 is 10.9 Å². The van der Waals surface area contributed by atoms with E-state index in [0.717, 1.165) is 23.9 Å². The minimum atomic E-state index is -0.204. The molecule has 0 unspecified atom stereocenters. The molecule has 0 atom stereocenters. The van der Waals surface area contributed by atoms with E-state index in [9.17, 15) is 14.4 Å². The Morgan fingerprint density at radius 1 is 1.18 bits per heavy atom. The molecule has 0 saturated carbocycles. The molecule has 0 bridgehead atoms. The zero-order valence-electron chi connectivity index (χ0n) is 16.2. The SMILES string of the molecule is Cn1cc(C(=O)NCCCN2CCCC2=O)c2c3ccccc3n(C)c2c1=O. The van der Waals surface area contributed by atoms with Crippen molar-refractivity contribution in [2.75, 3.05) is 19.6 Å². The van der Waals surface area contributed by atoms with E-state index in [1.807, 2.05) is 40.8 Å². The Morgan fingerprint density at radius 2 is 1.96 bits per heavy atom. The van der Waals surface area contributed by atoms with Gasteiger partial charge in [0.05, 0.1) is 5.56 Å². The first-order valence-corrected chi connectivity index (χ1v) is 9.62. The summed E-state index contributed by atoms with van der Waals surface area (Å²) < 4.78 is 3.31. The molecule has 7 nitrogen and oxygen atoms in total. The van der Waals surface area contributed by atoms with Gasteiger partial charge in [0.2, 0.25) is 5.91 Å². The molecule has 0 spiro atoms. The zero-order chi connectivity index (χ0) is 19.8. The molecule has 3 aromatic rings. The third-order valence-electron chi connectivity index (χ3n) is 5.53. The highest BCUT2D eigenvalue weighted by Gasteiger charge is 2.21. The summed E-state index contributed by atoms with van der Waals surface area (Å²) in [5.74, 6) is -0.00782. The smallest absolute Gasteiger partial charge is 0.274 e. The van der Waals surface area contributed by atoms with E-state index in [-0.39, 0.29) is 17.4 Å². The Kier molecular flexibility index (Phi) is 4.66. The van der Waals surface area contributed by atoms with Crippen LogP contribution in [0.5, 0.6) is 0 Å². The van der Waals surface area contributed by atoms with E-state index >= 15 is 0 Å². The molecule has 1 saturated heterocycles. The summed E-state index contributed by atoms with van der Waals surface area (Å²) in [6.07, 6.45) is 3.87. The van der Waals surface area contributed by atoms with Crippen LogP contribution in [0.15, 0.2) is 35.3 Å². The molecule has 7 heteroatoms. The summed E-state index contributed by atoms with van der Waals surface area (Å²) in [7, 11) is 3.51. The maximum absolute atomic E-state index is 12.9. The number of carbonyl (C=O) groups is 2. The van der Waals surface area contributed by atoms with E-state index in [0.29, 0.717) is 42.4 Å². The first-order chi connectivity index (χ1) is 13.5. The summed E-state index contributed by atoms with van der Waals surface area (Å²) in [5, 5.41) is 4.53. The number of aryl methyl sites for hydroxylation is 2. The number of amides is 2. The Bertz CT molecular complexity index is 1140. The second-order valence-electron chi connectivity index (χ2n) is 7.35. The number of nitrogens with one attached hydrogen (secondary N) is 1. The van der Waals surface area contributed by atoms with Crippen molar-refractivity contribution in [2.45, 2.75) is 19.3 Å². The number of rotatable bonds is 5. The molecule has 1 fully saturated rings. The lowest BCUT2D eigenvalue weighted by molar-refractivity contribution is -0.127. The fraction of sp³-hybridized carbons (Fsp3) is 0.381. The largest absolute Gasteiger partial charge is 0.352 e. The van der Waals surface area contributed by atoms with Crippen molar-refractivity contribution >= 4 is 33.6 Å². The highest BCUT2D eigenvalue weighted by molar-refractivity contribution is 6.17. The first kappa shape index (κ1) is 18.3. The lowest BCUT2D eigenvalue weighted by Crippen LogP contribution is -2.31. The molecule has 1 aliphatic heterocycles. The van der Waals surface area contributed by atoms with Gasteiger partial charge in [0.15, 0.2) is 0 Å². The van der Waals surface area contributed by atoms with Crippen LogP contribution in [0.3, 0.4) is 0 Å². The first-order valence-electron chi connectivity index (χ1n) is 9.62. The second kappa shape index (κ2) is 7.14. The second-order valence-corrected chi connectivity index (χ2v) is 7.35. The van der Waals surface area contributed by atoms with Gasteiger partial charge >= 0.3 is 0 Å². The van der Waals surface area contributed by atoms with Gasteiger partial charge < -0.3 is 19.4 Å². The van der Waals surface area contributed by atoms with Crippen LogP contribution in [0.1, 0.15) is 29.6 Å². The van der Waals surface area contributed by atoms with Gasteiger partial charge in [-0.1, -0.05) is 18.2 Å². The molecule has 1 aromatic carbocycles. The summed E-state index contributed by atoms with van der Waals surface area (Å²) in [6, 6.07) is 7.72. The minimum absolute atomic E-state index is 0.127. The summed E-state index contributed by atoms with van der Waals surface area (Å²) in [5.41, 5.74) is 1.81. The predicted molar refractivity (Wildman–Crippen MR) is 108 cm³/mol. The molecule has 1 N–H and O–H groups in total. The van der Waals surface area contributed by atoms with Crippen LogP contribution in [0.25, 0.3) is 21.8 Å². The molecule has 146 valence electrons. The molecule has 0 radical (unpaired) electrons. The van der Waals surface area contributed by atoms with Crippen LogP contribution in [0, 0.1) is 0 Å². The molecule has 4 rings (SSSR count). The highest BCUT2D eigenvalue weighted by Crippen LogP contribution is 2.28. The maximum Gasteiger partial charge on any atom is 0.274 e. The Morgan fingerprint density at radius 3 is 2.71 bits per heavy atom. The molecular weight excluding hydrogens is 356 g/mol. The standard InChI is InChI=1S/C21H24N4O3/c1-23-13-15(20(27)22-10-6-12-25-11-5-9-17(25)26)18-14-7-3-4-8-16(14)24(2)19(18)21(23)28/h3-4,7-8,13H,5-6,9-12H2,1-2H3,(H,22,27). The van der Waals surface area contributed by atoms with E-state index in [1.54, 1.807) is 13.2 Å². The van der Waals surface area contributed by atoms with Gasteiger partial charge in [-0.05, 0) is 18.9 Å². The maximum atomic E-state index is 12.9. The average molecular weight is 380 g/mol. The third-order valence-corrected chi connectivity index (χ3v) is 5.53. The van der Waals surface area contributed by atoms with Crippen molar-refractivity contribution in [3.63, 3.8) is 0 Å². The quantitative estimate of drug-likeness (QED) is 0.686. The van der Waals surface area contributed by atoms with Crippen LogP contribution in [0.2, 0.25) is 0 Å². The van der Waals surface area contributed by atoms with Crippen LogP contribution in [-0.4, -0.2) is 45.5 Å². The van der Waals surface area contributed by atoms with Crippen molar-refractivity contribution in [1.82, 2.24) is 19.4 Å². The molecule has 2 aromatic heterocycles. The number of para-hydroxylation sites is 1. The topological polar surface area (TPSA) is 76.3 Å². The molecule has 28 heavy (non-hydrogen) atoms. The van der Waals surface area contributed by atoms with Gasteiger partial charge in [0, 0.05) is 62.6 Å². The number of carbonyl (C=O) groups excluding carboxylic acids is 2. The van der Waals surface area contributed by atoms with Crippen molar-refractivity contribution in [1.29, 1.82) is 0 Å². The summed E-state index contributed by atoms with van der Waals surface area (Å²) in [4.78, 5) is 39.1. The number of nitrogens with zero attached hydrogens (tertiary/aromatic N) is 3. The fourth-order valence-corrected chi connectivity index (χ4v) is 4.08. The fourth-order valence-electron chi connectivity index (χ4n) is 4.08. The van der Waals surface area contributed by atoms with Gasteiger partial charge in [0.25, 0.3) is 11.5 Å².